The summed E-state index contributed by atoms with van der Waals surface area (Å²) in [5, 5.41) is 12.7. The number of hydrogen-bond donors (Lipinski definition) is 1. The van der Waals surface area contributed by atoms with Crippen LogP contribution in [0.3, 0.4) is 0 Å². The maximum atomic E-state index is 9.21. The summed E-state index contributed by atoms with van der Waals surface area (Å²) in [6.07, 6.45) is 1.11. The molecule has 1 unspecified atom stereocenters. The topological polar surface area (TPSA) is 39.1 Å². The summed E-state index contributed by atoms with van der Waals surface area (Å²) in [7, 11) is 2.11. The molecule has 0 aliphatic carbocycles. The van der Waals surface area contributed by atoms with Crippen LogP contribution in [0.2, 0.25) is 0 Å². The van der Waals surface area contributed by atoms with Crippen LogP contribution >= 0.6 is 0 Å². The van der Waals surface area contributed by atoms with E-state index in [2.05, 4.69) is 37.2 Å². The van der Waals surface area contributed by atoms with Crippen LogP contribution in [0.4, 0.5) is 5.69 Å². The molecule has 1 aromatic rings. The van der Waals surface area contributed by atoms with E-state index in [4.69, 9.17) is 0 Å². The Morgan fingerprint density at radius 2 is 2.11 bits per heavy atom. The second kappa shape index (κ2) is 4.99. The molecule has 0 saturated carbocycles. The molecule has 0 spiro atoms. The van der Waals surface area contributed by atoms with Gasteiger partial charge >= 0.3 is 0 Å². The minimum Gasteiger partial charge on any atom is -0.370 e. The number of nitrogens with zero attached hydrogens (tertiary/aromatic N) is 2. The third-order valence-corrected chi connectivity index (χ3v) is 3.95. The molecule has 1 aromatic carbocycles. The quantitative estimate of drug-likeness (QED) is 0.867. The van der Waals surface area contributed by atoms with E-state index in [9.17, 15) is 5.26 Å². The van der Waals surface area contributed by atoms with Gasteiger partial charge in [-0.2, -0.15) is 5.26 Å². The number of nitriles is 1. The Bertz CT molecular complexity index is 459. The molecule has 1 saturated heterocycles. The van der Waals surface area contributed by atoms with Crippen molar-refractivity contribution in [1.82, 2.24) is 5.32 Å². The van der Waals surface area contributed by atoms with Gasteiger partial charge < -0.3 is 10.2 Å². The van der Waals surface area contributed by atoms with Crippen molar-refractivity contribution < 1.29 is 0 Å². The van der Waals surface area contributed by atoms with Crippen molar-refractivity contribution in [3.63, 3.8) is 0 Å². The van der Waals surface area contributed by atoms with E-state index < -0.39 is 0 Å². The molecular formula is C15H21N3. The molecule has 1 N–H and O–H groups in total. The number of para-hydroxylation sites is 1. The van der Waals surface area contributed by atoms with Gasteiger partial charge in [-0.05, 0) is 30.5 Å². The van der Waals surface area contributed by atoms with Gasteiger partial charge in [0.2, 0.25) is 0 Å². The predicted octanol–water partition coefficient (Wildman–Crippen LogP) is 2.38. The highest BCUT2D eigenvalue weighted by Crippen LogP contribution is 2.33. The van der Waals surface area contributed by atoms with E-state index in [1.807, 2.05) is 24.3 Å². The Morgan fingerprint density at radius 1 is 1.39 bits per heavy atom. The van der Waals surface area contributed by atoms with Crippen LogP contribution in [-0.2, 0) is 0 Å². The summed E-state index contributed by atoms with van der Waals surface area (Å²) in [6, 6.07) is 10.6. The van der Waals surface area contributed by atoms with Crippen LogP contribution < -0.4 is 10.2 Å². The number of anilines is 1. The molecule has 1 aliphatic heterocycles. The van der Waals surface area contributed by atoms with Gasteiger partial charge in [0.05, 0.1) is 11.3 Å². The average molecular weight is 243 g/mol. The molecule has 1 heterocycles. The first kappa shape index (κ1) is 12.9. The molecule has 96 valence electrons. The minimum atomic E-state index is 0.218. The first-order valence-corrected chi connectivity index (χ1v) is 6.49. The molecule has 1 atom stereocenters. The molecule has 3 nitrogen and oxygen atoms in total. The highest BCUT2D eigenvalue weighted by Gasteiger charge is 2.35. The summed E-state index contributed by atoms with van der Waals surface area (Å²) >= 11 is 0. The van der Waals surface area contributed by atoms with Crippen LogP contribution in [0.1, 0.15) is 25.8 Å². The number of hydrogen-bond acceptors (Lipinski definition) is 3. The van der Waals surface area contributed by atoms with E-state index >= 15 is 0 Å². The molecule has 3 heteroatoms. The zero-order valence-electron chi connectivity index (χ0n) is 11.4. The van der Waals surface area contributed by atoms with Crippen LogP contribution in [0, 0.1) is 16.7 Å². The van der Waals surface area contributed by atoms with Gasteiger partial charge in [0.1, 0.15) is 6.07 Å². The van der Waals surface area contributed by atoms with Crippen LogP contribution in [-0.4, -0.2) is 26.2 Å². The van der Waals surface area contributed by atoms with E-state index in [0.717, 1.165) is 30.8 Å². The molecule has 1 aliphatic rings. The van der Waals surface area contributed by atoms with Crippen molar-refractivity contribution in [2.24, 2.45) is 5.41 Å². The molecule has 0 amide bonds. The van der Waals surface area contributed by atoms with Gasteiger partial charge in [-0.3, -0.25) is 0 Å². The lowest BCUT2D eigenvalue weighted by Gasteiger charge is -2.45. The van der Waals surface area contributed by atoms with Gasteiger partial charge in [0.25, 0.3) is 0 Å². The van der Waals surface area contributed by atoms with E-state index in [1.165, 1.54) is 0 Å². The van der Waals surface area contributed by atoms with Crippen LogP contribution in [0.25, 0.3) is 0 Å². The summed E-state index contributed by atoms with van der Waals surface area (Å²) in [6.45, 7) is 6.65. The highest BCUT2D eigenvalue weighted by molar-refractivity contribution is 5.59. The van der Waals surface area contributed by atoms with Gasteiger partial charge in [-0.25, -0.2) is 0 Å². The van der Waals surface area contributed by atoms with Gasteiger partial charge in [0, 0.05) is 19.6 Å². The van der Waals surface area contributed by atoms with E-state index in [0.29, 0.717) is 6.04 Å². The Kier molecular flexibility index (Phi) is 3.58. The van der Waals surface area contributed by atoms with Gasteiger partial charge in [-0.15, -0.1) is 0 Å². The van der Waals surface area contributed by atoms with Crippen molar-refractivity contribution >= 4 is 5.69 Å². The SMILES string of the molecule is CN(c1ccccc1C#N)C1CCNCC1(C)C. The lowest BCUT2D eigenvalue weighted by molar-refractivity contribution is 0.215. The smallest absolute Gasteiger partial charge is 0.101 e. The Balaban J connectivity index is 2.30. The second-order valence-corrected chi connectivity index (χ2v) is 5.71. The fourth-order valence-electron chi connectivity index (χ4n) is 2.92. The number of nitrogens with one attached hydrogen (secondary N) is 1. The predicted molar refractivity (Wildman–Crippen MR) is 74.6 cm³/mol. The molecule has 1 fully saturated rings. The standard InChI is InChI=1S/C15H21N3/c1-15(2)11-17-9-8-14(15)18(3)13-7-5-4-6-12(13)10-16/h4-7,14,17H,8-9,11H2,1-3H3. The Hall–Kier alpha value is -1.53. The molecule has 0 radical (unpaired) electrons. The summed E-state index contributed by atoms with van der Waals surface area (Å²) < 4.78 is 0. The summed E-state index contributed by atoms with van der Waals surface area (Å²) in [5.74, 6) is 0. The first-order valence-electron chi connectivity index (χ1n) is 6.49. The van der Waals surface area contributed by atoms with Crippen molar-refractivity contribution in [3.8, 4) is 6.07 Å². The molecule has 2 rings (SSSR count). The minimum absolute atomic E-state index is 0.218. The molecular weight excluding hydrogens is 222 g/mol. The fraction of sp³-hybridized carbons (Fsp3) is 0.533. The second-order valence-electron chi connectivity index (χ2n) is 5.71. The fourth-order valence-corrected chi connectivity index (χ4v) is 2.92. The first-order chi connectivity index (χ1) is 8.56. The van der Waals surface area contributed by atoms with E-state index in [-0.39, 0.29) is 5.41 Å². The monoisotopic (exact) mass is 243 g/mol. The average Bonchev–Trinajstić information content (AvgIpc) is 2.37. The third kappa shape index (κ3) is 2.34. The summed E-state index contributed by atoms with van der Waals surface area (Å²) in [5.41, 5.74) is 2.02. The third-order valence-electron chi connectivity index (χ3n) is 3.95. The summed E-state index contributed by atoms with van der Waals surface area (Å²) in [4.78, 5) is 2.28. The molecule has 0 aromatic heterocycles. The number of piperidine rings is 1. The maximum Gasteiger partial charge on any atom is 0.101 e. The van der Waals surface area contributed by atoms with Gasteiger partial charge in [0.15, 0.2) is 0 Å². The van der Waals surface area contributed by atoms with Crippen molar-refractivity contribution in [1.29, 1.82) is 5.26 Å². The Labute approximate surface area is 109 Å². The van der Waals surface area contributed by atoms with Crippen LogP contribution in [0.5, 0.6) is 0 Å². The molecule has 0 bridgehead atoms. The van der Waals surface area contributed by atoms with Crippen molar-refractivity contribution in [2.75, 3.05) is 25.0 Å². The van der Waals surface area contributed by atoms with Gasteiger partial charge in [-0.1, -0.05) is 26.0 Å². The molecule has 18 heavy (non-hydrogen) atoms. The lowest BCUT2D eigenvalue weighted by Crippen LogP contribution is -2.53. The van der Waals surface area contributed by atoms with Crippen molar-refractivity contribution in [3.05, 3.63) is 29.8 Å². The van der Waals surface area contributed by atoms with Crippen LogP contribution in [0.15, 0.2) is 24.3 Å². The van der Waals surface area contributed by atoms with Crippen molar-refractivity contribution in [2.45, 2.75) is 26.3 Å². The zero-order chi connectivity index (χ0) is 13.2. The normalized spacial score (nSPS) is 22.2. The number of benzene rings is 1. The lowest BCUT2D eigenvalue weighted by atomic mass is 9.79. The Morgan fingerprint density at radius 3 is 2.78 bits per heavy atom. The number of rotatable bonds is 2. The largest absolute Gasteiger partial charge is 0.370 e. The zero-order valence-corrected chi connectivity index (χ0v) is 11.4. The van der Waals surface area contributed by atoms with E-state index in [1.54, 1.807) is 0 Å². The maximum absolute atomic E-state index is 9.21. The highest BCUT2D eigenvalue weighted by atomic mass is 15.2.